The van der Waals surface area contributed by atoms with Gasteiger partial charge in [0.25, 0.3) is 0 Å². The predicted octanol–water partition coefficient (Wildman–Crippen LogP) is 3.14. The fraction of sp³-hybridized carbons (Fsp3) is 0.226. The van der Waals surface area contributed by atoms with E-state index < -0.39 is 21.4 Å². The molecule has 0 aliphatic rings. The zero-order valence-electron chi connectivity index (χ0n) is 21.8. The molecule has 0 aromatic heterocycles. The molecule has 4 rings (SSSR count). The third kappa shape index (κ3) is 8.94. The summed E-state index contributed by atoms with van der Waals surface area (Å²) in [6, 6.07) is 44.4. The fourth-order valence-corrected chi connectivity index (χ4v) is 11.2. The molecule has 0 radical (unpaired) electrons. The fourth-order valence-electron chi connectivity index (χ4n) is 3.97. The van der Waals surface area contributed by atoms with Gasteiger partial charge >= 0.3 is 29.6 Å². The molecule has 4 aromatic rings. The van der Waals surface area contributed by atoms with E-state index in [1.165, 1.54) is 21.2 Å². The van der Waals surface area contributed by atoms with Crippen LogP contribution in [-0.2, 0) is 0 Å². The van der Waals surface area contributed by atoms with Crippen molar-refractivity contribution in [2.75, 3.05) is 0 Å². The summed E-state index contributed by atoms with van der Waals surface area (Å²) in [4.78, 5) is 0.0794. The molecule has 0 aliphatic carbocycles. The van der Waals surface area contributed by atoms with Crippen molar-refractivity contribution in [3.8, 4) is 0 Å². The van der Waals surface area contributed by atoms with Crippen LogP contribution in [0.3, 0.4) is 0 Å². The molecular weight excluding hydrogens is 473 g/mol. The topological polar surface area (TPSA) is 23.1 Å². The molecule has 0 aliphatic heterocycles. The van der Waals surface area contributed by atoms with Crippen LogP contribution in [0.2, 0.25) is 0 Å². The molecule has 0 saturated heterocycles. The third-order valence-corrected chi connectivity index (χ3v) is 11.8. The average molecular weight is 509 g/mol. The summed E-state index contributed by atoms with van der Waals surface area (Å²) in [6.45, 7) is 9.85. The van der Waals surface area contributed by atoms with Crippen LogP contribution in [-0.4, -0.2) is 10.5 Å². The maximum atomic E-state index is 10.1. The van der Waals surface area contributed by atoms with Gasteiger partial charge in [-0.05, 0) is 37.1 Å². The van der Waals surface area contributed by atoms with Crippen LogP contribution in [0.5, 0.6) is 0 Å². The quantitative estimate of drug-likeness (QED) is 0.290. The Bertz CT molecular complexity index is 942. The molecule has 4 aromatic carbocycles. The summed E-state index contributed by atoms with van der Waals surface area (Å²) in [6.07, 6.45) is 0. The smallest absolute Gasteiger partial charge is 0.850 e. The van der Waals surface area contributed by atoms with Crippen LogP contribution >= 0.6 is 15.8 Å². The van der Waals surface area contributed by atoms with Gasteiger partial charge in [-0.15, -0.1) is 5.60 Å². The van der Waals surface area contributed by atoms with Crippen LogP contribution in [0, 0.1) is 0 Å². The van der Waals surface area contributed by atoms with E-state index in [-0.39, 0.29) is 34.5 Å². The van der Waals surface area contributed by atoms with Crippen LogP contribution in [0.15, 0.2) is 121 Å². The molecular formula is C31H35NaOP2. The van der Waals surface area contributed by atoms with Gasteiger partial charge < -0.3 is 5.11 Å². The van der Waals surface area contributed by atoms with Gasteiger partial charge in [-0.25, -0.2) is 0 Å². The van der Waals surface area contributed by atoms with Gasteiger partial charge in [0.2, 0.25) is 0 Å². The van der Waals surface area contributed by atoms with Crippen LogP contribution in [0.4, 0.5) is 0 Å². The largest absolute Gasteiger partial charge is 1.00 e. The Morgan fingerprint density at radius 2 is 0.600 bits per heavy atom. The van der Waals surface area contributed by atoms with Gasteiger partial charge in [0.05, 0.1) is 0 Å². The maximum absolute atomic E-state index is 10.1. The van der Waals surface area contributed by atoms with E-state index in [0.717, 1.165) is 0 Å². The third-order valence-electron chi connectivity index (χ3n) is 5.15. The van der Waals surface area contributed by atoms with E-state index in [1.54, 1.807) is 20.8 Å². The van der Waals surface area contributed by atoms with E-state index in [1.807, 2.05) is 0 Å². The second-order valence-corrected chi connectivity index (χ2v) is 15.6. The van der Waals surface area contributed by atoms with Gasteiger partial charge in [0.1, 0.15) is 0 Å². The number of hydrogen-bond donors (Lipinski definition) is 0. The summed E-state index contributed by atoms with van der Waals surface area (Å²) in [7, 11) is -1.10. The van der Waals surface area contributed by atoms with Crippen LogP contribution in [0.1, 0.15) is 34.6 Å². The van der Waals surface area contributed by atoms with Crippen molar-refractivity contribution in [1.82, 2.24) is 0 Å². The van der Waals surface area contributed by atoms with Crippen molar-refractivity contribution < 1.29 is 34.7 Å². The molecule has 176 valence electrons. The molecule has 0 spiro atoms. The summed E-state index contributed by atoms with van der Waals surface area (Å²) in [5, 5.41) is 15.9. The van der Waals surface area contributed by atoms with E-state index in [4.69, 9.17) is 0 Å². The molecule has 4 heteroatoms. The number of hydrogen-bond acceptors (Lipinski definition) is 1. The second-order valence-electron chi connectivity index (χ2n) is 9.62. The summed E-state index contributed by atoms with van der Waals surface area (Å²) in [5.74, 6) is 0. The van der Waals surface area contributed by atoms with Crippen molar-refractivity contribution in [3.05, 3.63) is 121 Å². The SMILES string of the molecule is CC(C)(C)[O-].CC(C)(P(c1ccccc1)c1ccccc1)P(c1ccccc1)c1ccccc1.[Na+]. The first kappa shape index (κ1) is 29.9. The minimum Gasteiger partial charge on any atom is -0.850 e. The predicted molar refractivity (Wildman–Crippen MR) is 152 cm³/mol. The minimum absolute atomic E-state index is 0. The Hall–Kier alpha value is -1.30. The molecule has 0 atom stereocenters. The Morgan fingerprint density at radius 1 is 0.429 bits per heavy atom. The molecule has 0 bridgehead atoms. The van der Waals surface area contributed by atoms with Gasteiger partial charge in [-0.2, -0.15) is 0 Å². The average Bonchev–Trinajstić information content (AvgIpc) is 2.81. The number of rotatable bonds is 6. The zero-order valence-corrected chi connectivity index (χ0v) is 25.6. The molecule has 0 saturated carbocycles. The standard InChI is InChI=1S/C27H26P2.C4H9O.Na/c1-27(2,28(23-15-7-3-8-16-23)24-17-9-4-10-18-24)29(25-19-11-5-12-20-25)26-21-13-6-14-22-26;1-4(2,3)5;/h3-22H,1-2H3;1-3H3;/q;-1;+1. The van der Waals surface area contributed by atoms with E-state index in [2.05, 4.69) is 135 Å². The maximum Gasteiger partial charge on any atom is 1.00 e. The molecule has 0 N–H and O–H groups in total. The normalized spacial score (nSPS) is 11.4. The van der Waals surface area contributed by atoms with E-state index in [9.17, 15) is 5.11 Å². The zero-order chi connectivity index (χ0) is 24.6. The summed E-state index contributed by atoms with van der Waals surface area (Å²) in [5.41, 5.74) is -0.750. The van der Waals surface area contributed by atoms with Crippen molar-refractivity contribution >= 4 is 37.1 Å². The van der Waals surface area contributed by atoms with Crippen LogP contribution in [0.25, 0.3) is 0 Å². The van der Waals surface area contributed by atoms with Gasteiger partial charge in [0, 0.05) is 4.90 Å². The first-order valence-electron chi connectivity index (χ1n) is 11.7. The van der Waals surface area contributed by atoms with Crippen molar-refractivity contribution in [3.63, 3.8) is 0 Å². The summed E-state index contributed by atoms with van der Waals surface area (Å²) < 4.78 is 0. The summed E-state index contributed by atoms with van der Waals surface area (Å²) >= 11 is 0. The molecule has 0 fully saturated rings. The van der Waals surface area contributed by atoms with Gasteiger partial charge in [-0.1, -0.05) is 156 Å². The molecule has 0 heterocycles. The molecule has 1 nitrogen and oxygen atoms in total. The Labute approximate surface area is 236 Å². The molecule has 0 amide bonds. The van der Waals surface area contributed by atoms with Gasteiger partial charge in [-0.3, -0.25) is 0 Å². The first-order chi connectivity index (χ1) is 16.2. The molecule has 35 heavy (non-hydrogen) atoms. The Balaban J connectivity index is 0.000000656. The molecule has 0 unspecified atom stereocenters. The van der Waals surface area contributed by atoms with Crippen LogP contribution < -0.4 is 55.9 Å². The van der Waals surface area contributed by atoms with Crippen molar-refractivity contribution in [1.29, 1.82) is 0 Å². The van der Waals surface area contributed by atoms with Crippen molar-refractivity contribution in [2.24, 2.45) is 0 Å². The number of benzene rings is 4. The first-order valence-corrected chi connectivity index (χ1v) is 14.4. The monoisotopic (exact) mass is 508 g/mol. The van der Waals surface area contributed by atoms with Gasteiger partial charge in [0.15, 0.2) is 0 Å². The Morgan fingerprint density at radius 3 is 0.771 bits per heavy atom. The Kier molecular flexibility index (Phi) is 11.8. The second kappa shape index (κ2) is 13.9. The van der Waals surface area contributed by atoms with Crippen molar-refractivity contribution in [2.45, 2.75) is 45.1 Å². The van der Waals surface area contributed by atoms with E-state index in [0.29, 0.717) is 0 Å². The van der Waals surface area contributed by atoms with E-state index >= 15 is 0 Å². The minimum atomic E-state index is -0.750.